The Morgan fingerprint density at radius 3 is 2.31 bits per heavy atom. The topological polar surface area (TPSA) is 35.5 Å². The molecular formula is C13H28N2O. The Labute approximate surface area is 100 Å². The molecule has 3 nitrogen and oxygen atoms in total. The van der Waals surface area contributed by atoms with Crippen LogP contribution in [0, 0.1) is 5.41 Å². The van der Waals surface area contributed by atoms with Gasteiger partial charge in [-0.3, -0.25) is 0 Å². The first-order chi connectivity index (χ1) is 7.27. The monoisotopic (exact) mass is 228 g/mol. The molecule has 1 heterocycles. The van der Waals surface area contributed by atoms with Gasteiger partial charge < -0.3 is 15.3 Å². The predicted molar refractivity (Wildman–Crippen MR) is 68.6 cm³/mol. The van der Waals surface area contributed by atoms with Crippen molar-refractivity contribution in [3.8, 4) is 0 Å². The quantitative estimate of drug-likeness (QED) is 0.765. The number of hydrogen-bond acceptors (Lipinski definition) is 3. The van der Waals surface area contributed by atoms with Crippen molar-refractivity contribution < 1.29 is 5.11 Å². The zero-order valence-electron chi connectivity index (χ0n) is 11.5. The van der Waals surface area contributed by atoms with Gasteiger partial charge in [0.25, 0.3) is 0 Å². The number of nitrogens with zero attached hydrogens (tertiary/aromatic N) is 1. The zero-order chi connectivity index (χ0) is 12.4. The molecule has 0 saturated carbocycles. The molecule has 96 valence electrons. The van der Waals surface area contributed by atoms with E-state index in [1.165, 1.54) is 0 Å². The van der Waals surface area contributed by atoms with Crippen LogP contribution in [0.3, 0.4) is 0 Å². The first kappa shape index (κ1) is 13.9. The lowest BCUT2D eigenvalue weighted by Crippen LogP contribution is -2.50. The third-order valence-corrected chi connectivity index (χ3v) is 4.17. The van der Waals surface area contributed by atoms with E-state index in [-0.39, 0.29) is 5.41 Å². The average molecular weight is 228 g/mol. The molecule has 1 fully saturated rings. The zero-order valence-corrected chi connectivity index (χ0v) is 11.5. The predicted octanol–water partition coefficient (Wildman–Crippen LogP) is 1.47. The molecule has 0 aromatic rings. The van der Waals surface area contributed by atoms with Crippen molar-refractivity contribution in [2.75, 3.05) is 26.7 Å². The second-order valence-corrected chi connectivity index (χ2v) is 6.27. The van der Waals surface area contributed by atoms with Gasteiger partial charge in [-0.15, -0.1) is 0 Å². The normalized spacial score (nSPS) is 24.4. The Morgan fingerprint density at radius 2 is 1.88 bits per heavy atom. The van der Waals surface area contributed by atoms with E-state index in [4.69, 9.17) is 0 Å². The van der Waals surface area contributed by atoms with Crippen molar-refractivity contribution in [1.82, 2.24) is 10.2 Å². The maximum absolute atomic E-state index is 9.91. The number of nitrogens with one attached hydrogen (secondary N) is 1. The fourth-order valence-corrected chi connectivity index (χ4v) is 2.30. The highest BCUT2D eigenvalue weighted by Crippen LogP contribution is 2.26. The summed E-state index contributed by atoms with van der Waals surface area (Å²) < 4.78 is 0. The summed E-state index contributed by atoms with van der Waals surface area (Å²) in [6.45, 7) is 11.9. The van der Waals surface area contributed by atoms with Crippen LogP contribution in [0.5, 0.6) is 0 Å². The summed E-state index contributed by atoms with van der Waals surface area (Å²) in [5.41, 5.74) is -0.160. The van der Waals surface area contributed by atoms with Gasteiger partial charge in [0.1, 0.15) is 0 Å². The molecule has 0 aliphatic carbocycles. The molecule has 0 amide bonds. The Morgan fingerprint density at radius 1 is 1.38 bits per heavy atom. The van der Waals surface area contributed by atoms with Gasteiger partial charge in [-0.2, -0.15) is 0 Å². The maximum Gasteiger partial charge on any atom is 0.0644 e. The highest BCUT2D eigenvalue weighted by Gasteiger charge is 2.32. The number of hydrogen-bond donors (Lipinski definition) is 2. The van der Waals surface area contributed by atoms with E-state index < -0.39 is 5.60 Å². The molecule has 1 unspecified atom stereocenters. The van der Waals surface area contributed by atoms with Gasteiger partial charge in [0.05, 0.1) is 5.60 Å². The van der Waals surface area contributed by atoms with Gasteiger partial charge in [-0.25, -0.2) is 0 Å². The van der Waals surface area contributed by atoms with Crippen LogP contribution >= 0.6 is 0 Å². The van der Waals surface area contributed by atoms with E-state index in [2.05, 4.69) is 31.0 Å². The molecule has 0 aromatic heterocycles. The fourth-order valence-electron chi connectivity index (χ4n) is 2.30. The Bertz CT molecular complexity index is 216. The number of likely N-dealkylation sites (tertiary alicyclic amines) is 1. The third-order valence-electron chi connectivity index (χ3n) is 4.17. The highest BCUT2D eigenvalue weighted by molar-refractivity contribution is 4.87. The minimum atomic E-state index is -0.435. The molecule has 0 spiro atoms. The van der Waals surface area contributed by atoms with Crippen LogP contribution in [-0.2, 0) is 0 Å². The van der Waals surface area contributed by atoms with Gasteiger partial charge in [0, 0.05) is 25.7 Å². The molecule has 1 saturated heterocycles. The molecule has 1 atom stereocenters. The average Bonchev–Trinajstić information content (AvgIpc) is 2.20. The first-order valence-corrected chi connectivity index (χ1v) is 6.39. The van der Waals surface area contributed by atoms with Crippen molar-refractivity contribution >= 4 is 0 Å². The largest absolute Gasteiger partial charge is 0.390 e. The summed E-state index contributed by atoms with van der Waals surface area (Å²) in [6, 6.07) is 0.509. The minimum absolute atomic E-state index is 0.276. The van der Waals surface area contributed by atoms with E-state index in [1.54, 1.807) is 0 Å². The second kappa shape index (κ2) is 5.03. The van der Waals surface area contributed by atoms with E-state index in [0.29, 0.717) is 6.04 Å². The summed E-state index contributed by atoms with van der Waals surface area (Å²) in [7, 11) is 2.02. The van der Waals surface area contributed by atoms with Crippen LogP contribution in [0.4, 0.5) is 0 Å². The van der Waals surface area contributed by atoms with Crippen LogP contribution in [0.15, 0.2) is 0 Å². The summed E-state index contributed by atoms with van der Waals surface area (Å²) >= 11 is 0. The Balaban J connectivity index is 2.44. The van der Waals surface area contributed by atoms with Gasteiger partial charge in [0.15, 0.2) is 0 Å². The Hall–Kier alpha value is -0.120. The Kier molecular flexibility index (Phi) is 4.38. The van der Waals surface area contributed by atoms with Crippen LogP contribution in [0.2, 0.25) is 0 Å². The molecule has 1 aliphatic rings. The van der Waals surface area contributed by atoms with Gasteiger partial charge >= 0.3 is 0 Å². The van der Waals surface area contributed by atoms with E-state index in [1.807, 2.05) is 14.0 Å². The van der Waals surface area contributed by atoms with E-state index in [9.17, 15) is 5.11 Å². The van der Waals surface area contributed by atoms with E-state index in [0.717, 1.165) is 32.5 Å². The summed E-state index contributed by atoms with van der Waals surface area (Å²) in [4.78, 5) is 2.48. The van der Waals surface area contributed by atoms with Crippen molar-refractivity contribution in [1.29, 1.82) is 0 Å². The second-order valence-electron chi connectivity index (χ2n) is 6.27. The van der Waals surface area contributed by atoms with Gasteiger partial charge in [-0.1, -0.05) is 13.8 Å². The van der Waals surface area contributed by atoms with Crippen molar-refractivity contribution in [2.45, 2.75) is 52.2 Å². The molecule has 16 heavy (non-hydrogen) atoms. The van der Waals surface area contributed by atoms with Gasteiger partial charge in [0.2, 0.25) is 0 Å². The molecule has 3 heteroatoms. The lowest BCUT2D eigenvalue weighted by Gasteiger charge is -2.41. The van der Waals surface area contributed by atoms with Gasteiger partial charge in [-0.05, 0) is 39.2 Å². The maximum atomic E-state index is 9.91. The molecule has 1 aliphatic heterocycles. The summed E-state index contributed by atoms with van der Waals surface area (Å²) in [5.74, 6) is 0. The summed E-state index contributed by atoms with van der Waals surface area (Å²) in [6.07, 6.45) is 1.80. The van der Waals surface area contributed by atoms with Crippen LogP contribution in [-0.4, -0.2) is 48.3 Å². The molecule has 0 aromatic carbocycles. The molecule has 0 bridgehead atoms. The molecule has 2 N–H and O–H groups in total. The number of aliphatic hydroxyl groups is 1. The smallest absolute Gasteiger partial charge is 0.0644 e. The minimum Gasteiger partial charge on any atom is -0.390 e. The lowest BCUT2D eigenvalue weighted by molar-refractivity contribution is -0.0155. The number of piperidine rings is 1. The van der Waals surface area contributed by atoms with Crippen molar-refractivity contribution in [3.05, 3.63) is 0 Å². The van der Waals surface area contributed by atoms with Crippen LogP contribution in [0.25, 0.3) is 0 Å². The lowest BCUT2D eigenvalue weighted by atomic mass is 9.83. The van der Waals surface area contributed by atoms with Crippen LogP contribution < -0.4 is 5.32 Å². The first-order valence-electron chi connectivity index (χ1n) is 6.39. The summed E-state index contributed by atoms with van der Waals surface area (Å²) in [5, 5.41) is 13.2. The number of rotatable bonds is 4. The SMILES string of the molecule is CNC(C)C(C)(C)CN1CCC(C)(O)CC1. The molecular weight excluding hydrogens is 200 g/mol. The third kappa shape index (κ3) is 3.72. The standard InChI is InChI=1S/C13H28N2O/c1-11(14-5)12(2,3)10-15-8-6-13(4,16)7-9-15/h11,14,16H,6-10H2,1-5H3. The highest BCUT2D eigenvalue weighted by atomic mass is 16.3. The van der Waals surface area contributed by atoms with Crippen molar-refractivity contribution in [2.24, 2.45) is 5.41 Å². The fraction of sp³-hybridized carbons (Fsp3) is 1.00. The molecule has 0 radical (unpaired) electrons. The van der Waals surface area contributed by atoms with Crippen LogP contribution in [0.1, 0.15) is 40.5 Å². The molecule has 1 rings (SSSR count). The van der Waals surface area contributed by atoms with E-state index >= 15 is 0 Å². The van der Waals surface area contributed by atoms with Crippen molar-refractivity contribution in [3.63, 3.8) is 0 Å².